The number of hydrogen-bond acceptors (Lipinski definition) is 2. The number of carbonyl (C=O) groups is 2. The van der Waals surface area contributed by atoms with Gasteiger partial charge < -0.3 is 10.2 Å². The van der Waals surface area contributed by atoms with Crippen LogP contribution in [0.25, 0.3) is 0 Å². The van der Waals surface area contributed by atoms with E-state index in [-0.39, 0.29) is 0 Å². The minimum atomic E-state index is -1.39. The Morgan fingerprint density at radius 1 is 1.05 bits per heavy atom. The van der Waals surface area contributed by atoms with Crippen molar-refractivity contribution in [2.24, 2.45) is 0 Å². The first-order valence-electron chi connectivity index (χ1n) is 6.14. The SMILES string of the molecule is O=C(O)c1cc([CH]C(C(=O)O)c2ccccc2)ccc1F. The summed E-state index contributed by atoms with van der Waals surface area (Å²) < 4.78 is 13.3. The molecule has 0 aliphatic carbocycles. The van der Waals surface area contributed by atoms with Crippen LogP contribution in [0.15, 0.2) is 48.5 Å². The number of carboxylic acid groups (broad SMARTS) is 2. The summed E-state index contributed by atoms with van der Waals surface area (Å²) >= 11 is 0. The summed E-state index contributed by atoms with van der Waals surface area (Å²) in [6.45, 7) is 0. The van der Waals surface area contributed by atoms with Gasteiger partial charge in [-0.05, 0) is 23.3 Å². The highest BCUT2D eigenvalue weighted by Crippen LogP contribution is 2.24. The van der Waals surface area contributed by atoms with Crippen molar-refractivity contribution in [2.45, 2.75) is 5.92 Å². The van der Waals surface area contributed by atoms with Crippen LogP contribution in [0.1, 0.15) is 27.4 Å². The smallest absolute Gasteiger partial charge is 0.338 e. The second kappa shape index (κ2) is 6.17. The minimum Gasteiger partial charge on any atom is -0.481 e. The molecule has 2 rings (SSSR count). The lowest BCUT2D eigenvalue weighted by molar-refractivity contribution is -0.137. The number of aromatic carboxylic acids is 1. The molecule has 4 nitrogen and oxygen atoms in total. The molecule has 1 unspecified atom stereocenters. The van der Waals surface area contributed by atoms with Gasteiger partial charge in [0.15, 0.2) is 0 Å². The van der Waals surface area contributed by atoms with E-state index in [9.17, 15) is 19.1 Å². The Bertz CT molecular complexity index is 667. The molecule has 2 aromatic rings. The van der Waals surface area contributed by atoms with Gasteiger partial charge >= 0.3 is 11.9 Å². The zero-order valence-corrected chi connectivity index (χ0v) is 10.9. The predicted molar refractivity (Wildman–Crippen MR) is 73.6 cm³/mol. The lowest BCUT2D eigenvalue weighted by atomic mass is 9.91. The Kier molecular flexibility index (Phi) is 4.33. The molecule has 21 heavy (non-hydrogen) atoms. The lowest BCUT2D eigenvalue weighted by Crippen LogP contribution is -2.13. The molecule has 0 heterocycles. The van der Waals surface area contributed by atoms with Crippen LogP contribution in [0, 0.1) is 12.2 Å². The van der Waals surface area contributed by atoms with E-state index in [1.165, 1.54) is 12.5 Å². The monoisotopic (exact) mass is 287 g/mol. The highest BCUT2D eigenvalue weighted by molar-refractivity contribution is 5.88. The molecule has 0 aromatic heterocycles. The molecule has 0 saturated carbocycles. The van der Waals surface area contributed by atoms with Gasteiger partial charge in [0.25, 0.3) is 0 Å². The average molecular weight is 287 g/mol. The zero-order chi connectivity index (χ0) is 15.4. The molecule has 0 aliphatic rings. The molecule has 0 amide bonds. The van der Waals surface area contributed by atoms with Crippen LogP contribution in [-0.4, -0.2) is 22.2 Å². The van der Waals surface area contributed by atoms with E-state index in [0.717, 1.165) is 12.1 Å². The summed E-state index contributed by atoms with van der Waals surface area (Å²) in [7, 11) is 0. The fourth-order valence-electron chi connectivity index (χ4n) is 1.97. The topological polar surface area (TPSA) is 74.6 Å². The van der Waals surface area contributed by atoms with Crippen LogP contribution in [-0.2, 0) is 4.79 Å². The van der Waals surface area contributed by atoms with Gasteiger partial charge in [-0.15, -0.1) is 0 Å². The Morgan fingerprint density at radius 2 is 1.71 bits per heavy atom. The van der Waals surface area contributed by atoms with Crippen molar-refractivity contribution in [2.75, 3.05) is 0 Å². The van der Waals surface area contributed by atoms with Gasteiger partial charge in [-0.25, -0.2) is 9.18 Å². The maximum atomic E-state index is 13.3. The number of hydrogen-bond donors (Lipinski definition) is 2. The quantitative estimate of drug-likeness (QED) is 0.886. The van der Waals surface area contributed by atoms with Gasteiger partial charge in [0.2, 0.25) is 0 Å². The van der Waals surface area contributed by atoms with Crippen LogP contribution in [0.4, 0.5) is 4.39 Å². The molecule has 0 fully saturated rings. The third-order valence-corrected chi connectivity index (χ3v) is 3.00. The number of carboxylic acids is 2. The summed E-state index contributed by atoms with van der Waals surface area (Å²) in [5.74, 6) is -4.25. The number of aliphatic carboxylic acids is 1. The second-order valence-corrected chi connectivity index (χ2v) is 4.44. The van der Waals surface area contributed by atoms with Crippen molar-refractivity contribution in [3.8, 4) is 0 Å². The summed E-state index contributed by atoms with van der Waals surface area (Å²) in [6.07, 6.45) is 1.39. The molecule has 0 aliphatic heterocycles. The van der Waals surface area contributed by atoms with Gasteiger partial charge in [0.1, 0.15) is 5.82 Å². The van der Waals surface area contributed by atoms with Crippen LogP contribution in [0.3, 0.4) is 0 Å². The van der Waals surface area contributed by atoms with Crippen molar-refractivity contribution >= 4 is 11.9 Å². The average Bonchev–Trinajstić information content (AvgIpc) is 2.46. The third kappa shape index (κ3) is 3.45. The summed E-state index contributed by atoms with van der Waals surface area (Å²) in [6, 6.07) is 12.0. The Morgan fingerprint density at radius 3 is 2.29 bits per heavy atom. The molecule has 0 spiro atoms. The number of benzene rings is 2. The van der Waals surface area contributed by atoms with Gasteiger partial charge in [-0.2, -0.15) is 0 Å². The zero-order valence-electron chi connectivity index (χ0n) is 10.9. The highest BCUT2D eigenvalue weighted by Gasteiger charge is 2.21. The van der Waals surface area contributed by atoms with E-state index in [1.807, 2.05) is 0 Å². The van der Waals surface area contributed by atoms with E-state index >= 15 is 0 Å². The molecular weight excluding hydrogens is 275 g/mol. The van der Waals surface area contributed by atoms with Crippen LogP contribution < -0.4 is 0 Å². The molecule has 0 bridgehead atoms. The van der Waals surface area contributed by atoms with Crippen molar-refractivity contribution < 1.29 is 24.2 Å². The van der Waals surface area contributed by atoms with Crippen molar-refractivity contribution in [1.29, 1.82) is 0 Å². The molecule has 2 aromatic carbocycles. The van der Waals surface area contributed by atoms with E-state index in [2.05, 4.69) is 0 Å². The van der Waals surface area contributed by atoms with E-state index in [1.54, 1.807) is 30.3 Å². The Hall–Kier alpha value is -2.69. The summed E-state index contributed by atoms with van der Waals surface area (Å²) in [4.78, 5) is 22.3. The highest BCUT2D eigenvalue weighted by atomic mass is 19.1. The number of rotatable bonds is 5. The van der Waals surface area contributed by atoms with Gasteiger partial charge in [-0.1, -0.05) is 36.4 Å². The predicted octanol–water partition coefficient (Wildman–Crippen LogP) is 2.94. The lowest BCUT2D eigenvalue weighted by Gasteiger charge is -2.13. The first-order chi connectivity index (χ1) is 9.99. The maximum Gasteiger partial charge on any atom is 0.338 e. The third-order valence-electron chi connectivity index (χ3n) is 3.00. The van der Waals surface area contributed by atoms with Crippen molar-refractivity contribution in [3.63, 3.8) is 0 Å². The van der Waals surface area contributed by atoms with Crippen LogP contribution >= 0.6 is 0 Å². The summed E-state index contributed by atoms with van der Waals surface area (Å²) in [5, 5.41) is 18.2. The van der Waals surface area contributed by atoms with Gasteiger partial charge in [0.05, 0.1) is 11.5 Å². The largest absolute Gasteiger partial charge is 0.481 e. The van der Waals surface area contributed by atoms with E-state index < -0.39 is 29.2 Å². The first kappa shape index (κ1) is 14.7. The molecular formula is C16H12FO4. The molecule has 1 radical (unpaired) electrons. The molecule has 2 N–H and O–H groups in total. The van der Waals surface area contributed by atoms with E-state index in [0.29, 0.717) is 11.1 Å². The fourth-order valence-corrected chi connectivity index (χ4v) is 1.97. The van der Waals surface area contributed by atoms with Crippen molar-refractivity contribution in [3.05, 3.63) is 77.5 Å². The molecule has 1 atom stereocenters. The Balaban J connectivity index is 2.32. The van der Waals surface area contributed by atoms with Gasteiger partial charge in [0, 0.05) is 6.42 Å². The normalized spacial score (nSPS) is 11.9. The molecule has 0 saturated heterocycles. The first-order valence-corrected chi connectivity index (χ1v) is 6.14. The molecule has 5 heteroatoms. The second-order valence-electron chi connectivity index (χ2n) is 4.44. The maximum absolute atomic E-state index is 13.3. The van der Waals surface area contributed by atoms with Crippen molar-refractivity contribution in [1.82, 2.24) is 0 Å². The number of halogens is 1. The summed E-state index contributed by atoms with van der Waals surface area (Å²) in [5.41, 5.74) is 0.414. The van der Waals surface area contributed by atoms with Crippen LogP contribution in [0.2, 0.25) is 0 Å². The van der Waals surface area contributed by atoms with E-state index in [4.69, 9.17) is 5.11 Å². The standard InChI is InChI=1S/C16H12FO4/c17-14-7-6-10(9-13(14)16(20)21)8-12(15(18)19)11-4-2-1-3-5-11/h1-9,12H,(H,18,19)(H,20,21). The van der Waals surface area contributed by atoms with Crippen LogP contribution in [0.5, 0.6) is 0 Å². The minimum absolute atomic E-state index is 0.338. The fraction of sp³-hybridized carbons (Fsp3) is 0.0625. The molecule has 107 valence electrons. The van der Waals surface area contributed by atoms with Gasteiger partial charge in [-0.3, -0.25) is 4.79 Å². The Labute approximate surface area is 120 Å².